The highest BCUT2D eigenvalue weighted by molar-refractivity contribution is 6.34. The summed E-state index contributed by atoms with van der Waals surface area (Å²) in [5.41, 5.74) is 0.842. The smallest absolute Gasteiger partial charge is 0.339 e. The van der Waals surface area contributed by atoms with Gasteiger partial charge >= 0.3 is 5.97 Å². The number of carbonyl (C=O) groups is 1. The van der Waals surface area contributed by atoms with Gasteiger partial charge in [0.25, 0.3) is 0 Å². The van der Waals surface area contributed by atoms with Crippen LogP contribution in [0.2, 0.25) is 5.02 Å². The number of rotatable bonds is 2. The quantitative estimate of drug-likeness (QED) is 0.859. The summed E-state index contributed by atoms with van der Waals surface area (Å²) in [7, 11) is 0. The van der Waals surface area contributed by atoms with Crippen molar-refractivity contribution in [3.63, 3.8) is 0 Å². The summed E-state index contributed by atoms with van der Waals surface area (Å²) >= 11 is 5.90. The van der Waals surface area contributed by atoms with Crippen molar-refractivity contribution in [2.75, 3.05) is 31.2 Å². The Hall–Kier alpha value is -1.26. The summed E-state index contributed by atoms with van der Waals surface area (Å²) < 4.78 is 5.23. The van der Waals surface area contributed by atoms with E-state index in [-0.39, 0.29) is 10.6 Å². The second kappa shape index (κ2) is 4.72. The Morgan fingerprint density at radius 3 is 2.69 bits per heavy atom. The molecule has 0 amide bonds. The van der Waals surface area contributed by atoms with Crippen LogP contribution in [-0.4, -0.2) is 37.4 Å². The molecule has 2 rings (SSSR count). The first-order valence-corrected chi connectivity index (χ1v) is 5.42. The molecule has 1 aromatic rings. The number of ether oxygens (including phenoxy) is 1. The van der Waals surface area contributed by atoms with E-state index in [1.54, 1.807) is 18.2 Å². The Balaban J connectivity index is 2.38. The van der Waals surface area contributed by atoms with Gasteiger partial charge in [-0.2, -0.15) is 0 Å². The lowest BCUT2D eigenvalue weighted by Crippen LogP contribution is -2.37. The van der Waals surface area contributed by atoms with Crippen molar-refractivity contribution in [2.45, 2.75) is 0 Å². The Labute approximate surface area is 98.4 Å². The van der Waals surface area contributed by atoms with Crippen LogP contribution in [-0.2, 0) is 4.74 Å². The number of carboxylic acids is 1. The molecule has 86 valence electrons. The van der Waals surface area contributed by atoms with Gasteiger partial charge in [-0.15, -0.1) is 0 Å². The van der Waals surface area contributed by atoms with Gasteiger partial charge < -0.3 is 14.7 Å². The highest BCUT2D eigenvalue weighted by Gasteiger charge is 2.20. The first-order valence-electron chi connectivity index (χ1n) is 5.04. The molecule has 1 aromatic carbocycles. The zero-order valence-corrected chi connectivity index (χ0v) is 9.41. The molecule has 5 heteroatoms. The molecule has 1 fully saturated rings. The van der Waals surface area contributed by atoms with Gasteiger partial charge in [-0.05, 0) is 12.1 Å². The van der Waals surface area contributed by atoms with Crippen molar-refractivity contribution in [1.29, 1.82) is 0 Å². The second-order valence-corrected chi connectivity index (χ2v) is 3.95. The number of hydrogen-bond acceptors (Lipinski definition) is 3. The molecule has 1 saturated heterocycles. The fraction of sp³-hybridized carbons (Fsp3) is 0.364. The maximum Gasteiger partial charge on any atom is 0.339 e. The molecule has 0 bridgehead atoms. The average molecular weight is 242 g/mol. The van der Waals surface area contributed by atoms with Crippen LogP contribution in [0.3, 0.4) is 0 Å². The van der Waals surface area contributed by atoms with Gasteiger partial charge in [-0.3, -0.25) is 0 Å². The second-order valence-electron chi connectivity index (χ2n) is 3.54. The Bertz CT molecular complexity index is 402. The van der Waals surface area contributed by atoms with E-state index in [2.05, 4.69) is 0 Å². The molecule has 1 aliphatic heterocycles. The van der Waals surface area contributed by atoms with E-state index in [0.717, 1.165) is 0 Å². The van der Waals surface area contributed by atoms with Gasteiger partial charge in [-0.1, -0.05) is 17.7 Å². The number of hydrogen-bond donors (Lipinski definition) is 1. The van der Waals surface area contributed by atoms with Gasteiger partial charge in [0.1, 0.15) is 5.56 Å². The summed E-state index contributed by atoms with van der Waals surface area (Å²) in [5, 5.41) is 9.41. The molecule has 1 N–H and O–H groups in total. The minimum absolute atomic E-state index is 0.172. The van der Waals surface area contributed by atoms with Gasteiger partial charge in [-0.25, -0.2) is 4.79 Å². The lowest BCUT2D eigenvalue weighted by molar-refractivity contribution is 0.0696. The molecule has 0 aliphatic carbocycles. The van der Waals surface area contributed by atoms with Crippen molar-refractivity contribution >= 4 is 23.3 Å². The van der Waals surface area contributed by atoms with Crippen LogP contribution in [0.25, 0.3) is 0 Å². The van der Waals surface area contributed by atoms with Crippen molar-refractivity contribution in [2.24, 2.45) is 0 Å². The lowest BCUT2D eigenvalue weighted by Gasteiger charge is -2.30. The first-order chi connectivity index (χ1) is 7.70. The fourth-order valence-electron chi connectivity index (χ4n) is 1.79. The molecule has 0 spiro atoms. The van der Waals surface area contributed by atoms with E-state index in [9.17, 15) is 4.79 Å². The highest BCUT2D eigenvalue weighted by atomic mass is 35.5. The van der Waals surface area contributed by atoms with Crippen LogP contribution in [0.1, 0.15) is 10.4 Å². The van der Waals surface area contributed by atoms with Crippen molar-refractivity contribution in [1.82, 2.24) is 0 Å². The number of carboxylic acid groups (broad SMARTS) is 1. The third-order valence-electron chi connectivity index (χ3n) is 2.56. The van der Waals surface area contributed by atoms with E-state index in [0.29, 0.717) is 32.0 Å². The van der Waals surface area contributed by atoms with E-state index in [1.807, 2.05) is 4.90 Å². The molecule has 0 aromatic heterocycles. The third-order valence-corrected chi connectivity index (χ3v) is 2.87. The summed E-state index contributed by atoms with van der Waals surface area (Å²) in [4.78, 5) is 13.1. The van der Waals surface area contributed by atoms with Gasteiger partial charge in [0.15, 0.2) is 0 Å². The summed E-state index contributed by atoms with van der Waals surface area (Å²) in [5.74, 6) is -0.993. The van der Waals surface area contributed by atoms with Crippen molar-refractivity contribution in [3.8, 4) is 0 Å². The molecule has 0 saturated carbocycles. The van der Waals surface area contributed by atoms with E-state index in [4.69, 9.17) is 21.4 Å². The fourth-order valence-corrected chi connectivity index (χ4v) is 2.04. The minimum Gasteiger partial charge on any atom is -0.478 e. The minimum atomic E-state index is -0.993. The van der Waals surface area contributed by atoms with Gasteiger partial charge in [0.2, 0.25) is 0 Å². The molecule has 0 unspecified atom stereocenters. The normalized spacial score (nSPS) is 16.2. The van der Waals surface area contributed by atoms with E-state index in [1.165, 1.54) is 0 Å². The topological polar surface area (TPSA) is 49.8 Å². The predicted octanol–water partition coefficient (Wildman–Crippen LogP) is 1.87. The molecule has 1 heterocycles. The zero-order chi connectivity index (χ0) is 11.5. The first kappa shape index (κ1) is 11.2. The number of benzene rings is 1. The third kappa shape index (κ3) is 2.13. The van der Waals surface area contributed by atoms with Crippen LogP contribution >= 0.6 is 11.6 Å². The van der Waals surface area contributed by atoms with Gasteiger partial charge in [0.05, 0.1) is 23.9 Å². The van der Waals surface area contributed by atoms with Crippen LogP contribution < -0.4 is 4.90 Å². The van der Waals surface area contributed by atoms with Gasteiger partial charge in [0, 0.05) is 13.1 Å². The highest BCUT2D eigenvalue weighted by Crippen LogP contribution is 2.28. The number of morpholine rings is 1. The molecular formula is C11H12ClNO3. The SMILES string of the molecule is O=C(O)c1c(Cl)cccc1N1CCOCC1. The average Bonchev–Trinajstić information content (AvgIpc) is 2.29. The number of halogens is 1. The largest absolute Gasteiger partial charge is 0.478 e. The van der Waals surface area contributed by atoms with Crippen LogP contribution in [0, 0.1) is 0 Å². The van der Waals surface area contributed by atoms with Crippen LogP contribution in [0.4, 0.5) is 5.69 Å². The molecule has 0 radical (unpaired) electrons. The van der Waals surface area contributed by atoms with E-state index >= 15 is 0 Å². The number of aromatic carboxylic acids is 1. The van der Waals surface area contributed by atoms with Crippen molar-refractivity contribution in [3.05, 3.63) is 28.8 Å². The molecule has 1 aliphatic rings. The van der Waals surface area contributed by atoms with Crippen molar-refractivity contribution < 1.29 is 14.6 Å². The molecule has 16 heavy (non-hydrogen) atoms. The molecular weight excluding hydrogens is 230 g/mol. The molecule has 0 atom stereocenters. The van der Waals surface area contributed by atoms with Crippen LogP contribution in [0.5, 0.6) is 0 Å². The lowest BCUT2D eigenvalue weighted by atomic mass is 10.1. The van der Waals surface area contributed by atoms with Crippen LogP contribution in [0.15, 0.2) is 18.2 Å². The number of anilines is 1. The number of nitrogens with zero attached hydrogens (tertiary/aromatic N) is 1. The summed E-state index contributed by atoms with van der Waals surface area (Å²) in [6.07, 6.45) is 0. The monoisotopic (exact) mass is 241 g/mol. The Kier molecular flexibility index (Phi) is 3.31. The molecule has 4 nitrogen and oxygen atoms in total. The zero-order valence-electron chi connectivity index (χ0n) is 8.65. The standard InChI is InChI=1S/C11H12ClNO3/c12-8-2-1-3-9(10(8)11(14)15)13-4-6-16-7-5-13/h1-3H,4-7H2,(H,14,15). The van der Waals surface area contributed by atoms with E-state index < -0.39 is 5.97 Å². The Morgan fingerprint density at radius 2 is 2.06 bits per heavy atom. The maximum absolute atomic E-state index is 11.1. The summed E-state index contributed by atoms with van der Waals surface area (Å²) in [6.45, 7) is 2.62. The predicted molar refractivity (Wildman–Crippen MR) is 61.4 cm³/mol. The summed E-state index contributed by atoms with van der Waals surface area (Å²) in [6, 6.07) is 5.13. The maximum atomic E-state index is 11.1. The Morgan fingerprint density at radius 1 is 1.38 bits per heavy atom.